The van der Waals surface area contributed by atoms with Crippen LogP contribution in [0.5, 0.6) is 0 Å². The van der Waals surface area contributed by atoms with Crippen molar-refractivity contribution < 1.29 is 9.90 Å². The summed E-state index contributed by atoms with van der Waals surface area (Å²) in [6, 6.07) is 0.191. The molecule has 0 aliphatic rings. The summed E-state index contributed by atoms with van der Waals surface area (Å²) in [6.45, 7) is 4.25. The van der Waals surface area contributed by atoms with E-state index in [2.05, 4.69) is 12.2 Å². The average Bonchev–Trinajstić information content (AvgIpc) is 2.11. The highest BCUT2D eigenvalue weighted by molar-refractivity contribution is 5.76. The number of unbranched alkanes of at least 4 members (excludes halogenated alkanes) is 1. The van der Waals surface area contributed by atoms with Crippen molar-refractivity contribution >= 4 is 5.91 Å². The number of rotatable bonds is 7. The molecule has 3 nitrogen and oxygen atoms in total. The Morgan fingerprint density at radius 1 is 1.46 bits per heavy atom. The van der Waals surface area contributed by atoms with Gasteiger partial charge in [-0.25, -0.2) is 0 Å². The number of aliphatic hydroxyl groups excluding tert-OH is 1. The zero-order valence-electron chi connectivity index (χ0n) is 8.68. The van der Waals surface area contributed by atoms with Gasteiger partial charge >= 0.3 is 0 Å². The van der Waals surface area contributed by atoms with Crippen LogP contribution in [0.2, 0.25) is 0 Å². The Labute approximate surface area is 80.5 Å². The minimum atomic E-state index is 0.132. The summed E-state index contributed by atoms with van der Waals surface area (Å²) in [5, 5.41) is 11.5. The Bertz CT molecular complexity index is 137. The molecule has 0 saturated heterocycles. The van der Waals surface area contributed by atoms with Crippen LogP contribution in [0.1, 0.15) is 46.0 Å². The van der Waals surface area contributed by atoms with Crippen LogP contribution in [0.25, 0.3) is 0 Å². The quantitative estimate of drug-likeness (QED) is 0.634. The van der Waals surface area contributed by atoms with Gasteiger partial charge in [-0.05, 0) is 26.2 Å². The molecule has 2 N–H and O–H groups in total. The fourth-order valence-corrected chi connectivity index (χ4v) is 1.15. The summed E-state index contributed by atoms with van der Waals surface area (Å²) in [7, 11) is 0. The average molecular weight is 187 g/mol. The first-order valence-electron chi connectivity index (χ1n) is 5.11. The summed E-state index contributed by atoms with van der Waals surface area (Å²) < 4.78 is 0. The Hall–Kier alpha value is -0.570. The number of nitrogens with one attached hydrogen (secondary N) is 1. The predicted molar refractivity (Wildman–Crippen MR) is 53.4 cm³/mol. The Morgan fingerprint density at radius 2 is 2.15 bits per heavy atom. The van der Waals surface area contributed by atoms with Gasteiger partial charge in [-0.3, -0.25) is 4.79 Å². The molecular weight excluding hydrogens is 166 g/mol. The standard InChI is InChI=1S/C10H21NO2/c1-3-4-7-10(13)11-9(2)6-5-8-12/h9,12H,3-8H2,1-2H3,(H,11,13). The molecule has 0 aromatic heterocycles. The Morgan fingerprint density at radius 3 is 2.69 bits per heavy atom. The smallest absolute Gasteiger partial charge is 0.220 e. The van der Waals surface area contributed by atoms with E-state index in [1.54, 1.807) is 0 Å². The van der Waals surface area contributed by atoms with Gasteiger partial charge in [0, 0.05) is 19.1 Å². The molecule has 1 unspecified atom stereocenters. The fourth-order valence-electron chi connectivity index (χ4n) is 1.15. The highest BCUT2D eigenvalue weighted by Crippen LogP contribution is 1.98. The van der Waals surface area contributed by atoms with Crippen molar-refractivity contribution in [2.75, 3.05) is 6.61 Å². The van der Waals surface area contributed by atoms with Gasteiger partial charge < -0.3 is 10.4 Å². The predicted octanol–water partition coefficient (Wildman–Crippen LogP) is 1.45. The molecule has 0 aromatic carbocycles. The monoisotopic (exact) mass is 187 g/mol. The van der Waals surface area contributed by atoms with Crippen LogP contribution in [-0.4, -0.2) is 23.7 Å². The van der Waals surface area contributed by atoms with E-state index in [-0.39, 0.29) is 18.6 Å². The van der Waals surface area contributed by atoms with E-state index in [9.17, 15) is 4.79 Å². The molecule has 0 aromatic rings. The van der Waals surface area contributed by atoms with E-state index in [0.717, 1.165) is 25.7 Å². The van der Waals surface area contributed by atoms with Crippen molar-refractivity contribution in [3.8, 4) is 0 Å². The summed E-state index contributed by atoms with van der Waals surface area (Å²) >= 11 is 0. The van der Waals surface area contributed by atoms with Gasteiger partial charge in [-0.1, -0.05) is 13.3 Å². The van der Waals surface area contributed by atoms with Crippen molar-refractivity contribution in [3.63, 3.8) is 0 Å². The highest BCUT2D eigenvalue weighted by atomic mass is 16.2. The van der Waals surface area contributed by atoms with E-state index in [1.165, 1.54) is 0 Å². The zero-order valence-corrected chi connectivity index (χ0v) is 8.68. The molecule has 0 radical (unpaired) electrons. The van der Waals surface area contributed by atoms with Gasteiger partial charge in [0.15, 0.2) is 0 Å². The topological polar surface area (TPSA) is 49.3 Å². The van der Waals surface area contributed by atoms with Gasteiger partial charge in [-0.2, -0.15) is 0 Å². The van der Waals surface area contributed by atoms with Crippen LogP contribution in [0.4, 0.5) is 0 Å². The molecule has 0 saturated carbocycles. The molecule has 0 heterocycles. The van der Waals surface area contributed by atoms with Crippen LogP contribution in [0.15, 0.2) is 0 Å². The normalized spacial score (nSPS) is 12.5. The second-order valence-electron chi connectivity index (χ2n) is 3.44. The van der Waals surface area contributed by atoms with Crippen molar-refractivity contribution in [3.05, 3.63) is 0 Å². The number of hydrogen-bond acceptors (Lipinski definition) is 2. The SMILES string of the molecule is CCCCC(=O)NC(C)CCCO. The van der Waals surface area contributed by atoms with Crippen LogP contribution in [0.3, 0.4) is 0 Å². The largest absolute Gasteiger partial charge is 0.396 e. The minimum absolute atomic E-state index is 0.132. The molecule has 78 valence electrons. The molecule has 1 atom stereocenters. The van der Waals surface area contributed by atoms with Gasteiger partial charge in [0.1, 0.15) is 0 Å². The van der Waals surface area contributed by atoms with Gasteiger partial charge in [0.2, 0.25) is 5.91 Å². The van der Waals surface area contributed by atoms with E-state index in [1.807, 2.05) is 6.92 Å². The van der Waals surface area contributed by atoms with Crippen molar-refractivity contribution in [1.82, 2.24) is 5.32 Å². The minimum Gasteiger partial charge on any atom is -0.396 e. The van der Waals surface area contributed by atoms with Crippen molar-refractivity contribution in [2.45, 2.75) is 52.0 Å². The molecule has 13 heavy (non-hydrogen) atoms. The van der Waals surface area contributed by atoms with E-state index >= 15 is 0 Å². The zero-order chi connectivity index (χ0) is 10.1. The first-order valence-corrected chi connectivity index (χ1v) is 5.11. The second-order valence-corrected chi connectivity index (χ2v) is 3.44. The third-order valence-electron chi connectivity index (χ3n) is 1.96. The van der Waals surface area contributed by atoms with Crippen LogP contribution in [0, 0.1) is 0 Å². The van der Waals surface area contributed by atoms with E-state index in [0.29, 0.717) is 6.42 Å². The fraction of sp³-hybridized carbons (Fsp3) is 0.900. The lowest BCUT2D eigenvalue weighted by atomic mass is 10.1. The molecule has 0 aliphatic heterocycles. The summed E-state index contributed by atoms with van der Waals surface area (Å²) in [5.74, 6) is 0.132. The molecule has 0 bridgehead atoms. The van der Waals surface area contributed by atoms with Crippen molar-refractivity contribution in [1.29, 1.82) is 0 Å². The molecule has 1 amide bonds. The number of carbonyl (C=O) groups is 1. The number of amides is 1. The third kappa shape index (κ3) is 7.78. The molecule has 3 heteroatoms. The van der Waals surface area contributed by atoms with Crippen LogP contribution < -0.4 is 5.32 Å². The Kier molecular flexibility index (Phi) is 7.69. The lowest BCUT2D eigenvalue weighted by Gasteiger charge is -2.12. The lowest BCUT2D eigenvalue weighted by molar-refractivity contribution is -0.121. The highest BCUT2D eigenvalue weighted by Gasteiger charge is 2.05. The summed E-state index contributed by atoms with van der Waals surface area (Å²) in [6.07, 6.45) is 4.25. The molecule has 0 aliphatic carbocycles. The number of aliphatic hydroxyl groups is 1. The number of carbonyl (C=O) groups excluding carboxylic acids is 1. The summed E-state index contributed by atoms with van der Waals surface area (Å²) in [5.41, 5.74) is 0. The van der Waals surface area contributed by atoms with Gasteiger partial charge in [-0.15, -0.1) is 0 Å². The maximum absolute atomic E-state index is 11.2. The molecule has 0 spiro atoms. The first-order chi connectivity index (χ1) is 6.20. The number of hydrogen-bond donors (Lipinski definition) is 2. The second kappa shape index (κ2) is 8.05. The molecule has 0 fully saturated rings. The summed E-state index contributed by atoms with van der Waals surface area (Å²) in [4.78, 5) is 11.2. The lowest BCUT2D eigenvalue weighted by Crippen LogP contribution is -2.32. The van der Waals surface area contributed by atoms with Gasteiger partial charge in [0.25, 0.3) is 0 Å². The van der Waals surface area contributed by atoms with E-state index < -0.39 is 0 Å². The molecule has 0 rings (SSSR count). The van der Waals surface area contributed by atoms with Crippen molar-refractivity contribution in [2.24, 2.45) is 0 Å². The maximum Gasteiger partial charge on any atom is 0.220 e. The third-order valence-corrected chi connectivity index (χ3v) is 1.96. The van der Waals surface area contributed by atoms with E-state index in [4.69, 9.17) is 5.11 Å². The molecular formula is C10H21NO2. The van der Waals surface area contributed by atoms with Crippen LogP contribution in [-0.2, 0) is 4.79 Å². The van der Waals surface area contributed by atoms with Crippen LogP contribution >= 0.6 is 0 Å². The maximum atomic E-state index is 11.2. The van der Waals surface area contributed by atoms with Gasteiger partial charge in [0.05, 0.1) is 0 Å². The first kappa shape index (κ1) is 12.4. The Balaban J connectivity index is 3.41.